The third kappa shape index (κ3) is 2.63. The van der Waals surface area contributed by atoms with Crippen LogP contribution in [0.5, 0.6) is 0 Å². The Bertz CT molecular complexity index is 640. The monoisotopic (exact) mass is 285 g/mol. The first kappa shape index (κ1) is 13.7. The number of hydrogen-bond acceptors (Lipinski definition) is 4. The maximum atomic E-state index is 10.9. The lowest BCUT2D eigenvalue weighted by atomic mass is 9.92. The van der Waals surface area contributed by atoms with Crippen LogP contribution in [0.25, 0.3) is 11.1 Å². The predicted molar refractivity (Wildman–Crippen MR) is 82.4 cm³/mol. The van der Waals surface area contributed by atoms with Crippen LogP contribution < -0.4 is 10.6 Å². The highest BCUT2D eigenvalue weighted by molar-refractivity contribution is 5.85. The molecule has 5 heteroatoms. The second-order valence-electron chi connectivity index (χ2n) is 5.49. The number of nitrogens with one attached hydrogen (secondary N) is 2. The van der Waals surface area contributed by atoms with Gasteiger partial charge in [0.05, 0.1) is 17.1 Å². The van der Waals surface area contributed by atoms with Gasteiger partial charge in [-0.1, -0.05) is 11.2 Å². The molecular weight excluding hydrogens is 266 g/mol. The van der Waals surface area contributed by atoms with E-state index < -0.39 is 0 Å². The summed E-state index contributed by atoms with van der Waals surface area (Å²) >= 11 is 0. The van der Waals surface area contributed by atoms with Crippen molar-refractivity contribution in [1.29, 1.82) is 0 Å². The van der Waals surface area contributed by atoms with Crippen LogP contribution in [0.3, 0.4) is 0 Å². The first-order valence-electron chi connectivity index (χ1n) is 7.23. The third-order valence-corrected chi connectivity index (χ3v) is 4.02. The van der Waals surface area contributed by atoms with Gasteiger partial charge in [0.1, 0.15) is 5.76 Å². The van der Waals surface area contributed by atoms with Crippen LogP contribution >= 0.6 is 0 Å². The molecule has 1 aliphatic rings. The SMILES string of the molecule is Cc1noc(C)c1-c1ccc(NC2CCC2)c(NC=O)c1. The third-order valence-electron chi connectivity index (χ3n) is 4.02. The molecule has 3 rings (SSSR count). The minimum absolute atomic E-state index is 0.516. The fourth-order valence-corrected chi connectivity index (χ4v) is 2.68. The zero-order valence-corrected chi connectivity index (χ0v) is 12.3. The number of nitrogens with zero attached hydrogens (tertiary/aromatic N) is 1. The van der Waals surface area contributed by atoms with E-state index in [1.165, 1.54) is 19.3 Å². The molecule has 0 bridgehead atoms. The van der Waals surface area contributed by atoms with E-state index in [4.69, 9.17) is 4.52 Å². The molecule has 1 aliphatic carbocycles. The van der Waals surface area contributed by atoms with Crippen LogP contribution in [-0.4, -0.2) is 17.6 Å². The minimum Gasteiger partial charge on any atom is -0.381 e. The van der Waals surface area contributed by atoms with E-state index in [0.717, 1.165) is 34.0 Å². The fourth-order valence-electron chi connectivity index (χ4n) is 2.68. The van der Waals surface area contributed by atoms with Gasteiger partial charge in [0.25, 0.3) is 0 Å². The molecule has 1 amide bonds. The summed E-state index contributed by atoms with van der Waals surface area (Å²) < 4.78 is 5.22. The van der Waals surface area contributed by atoms with Crippen LogP contribution in [-0.2, 0) is 4.79 Å². The second kappa shape index (κ2) is 5.60. The second-order valence-corrected chi connectivity index (χ2v) is 5.49. The highest BCUT2D eigenvalue weighted by Crippen LogP contribution is 2.34. The number of carbonyl (C=O) groups is 1. The molecule has 0 radical (unpaired) electrons. The van der Waals surface area contributed by atoms with Crippen molar-refractivity contribution < 1.29 is 9.32 Å². The van der Waals surface area contributed by atoms with Gasteiger partial charge >= 0.3 is 0 Å². The van der Waals surface area contributed by atoms with Crippen molar-refractivity contribution in [1.82, 2.24) is 5.16 Å². The van der Waals surface area contributed by atoms with Gasteiger partial charge in [0.2, 0.25) is 6.41 Å². The van der Waals surface area contributed by atoms with Crippen LogP contribution in [0.15, 0.2) is 22.7 Å². The smallest absolute Gasteiger partial charge is 0.211 e. The molecule has 5 nitrogen and oxygen atoms in total. The first-order chi connectivity index (χ1) is 10.2. The summed E-state index contributed by atoms with van der Waals surface area (Å²) in [6, 6.07) is 6.51. The zero-order chi connectivity index (χ0) is 14.8. The Kier molecular flexibility index (Phi) is 3.64. The normalized spacial score (nSPS) is 14.6. The van der Waals surface area contributed by atoms with Gasteiger partial charge < -0.3 is 15.2 Å². The van der Waals surface area contributed by atoms with E-state index in [9.17, 15) is 4.79 Å². The van der Waals surface area contributed by atoms with Crippen LogP contribution in [0.1, 0.15) is 30.7 Å². The summed E-state index contributed by atoms with van der Waals surface area (Å²) in [5.74, 6) is 0.782. The molecule has 0 unspecified atom stereocenters. The molecule has 1 fully saturated rings. The van der Waals surface area contributed by atoms with E-state index in [1.54, 1.807) is 0 Å². The van der Waals surface area contributed by atoms with Crippen LogP contribution in [0.2, 0.25) is 0 Å². The largest absolute Gasteiger partial charge is 0.381 e. The summed E-state index contributed by atoms with van der Waals surface area (Å²) in [5.41, 5.74) is 4.58. The molecule has 1 saturated carbocycles. The molecule has 1 heterocycles. The number of aromatic nitrogens is 1. The molecule has 1 aromatic heterocycles. The number of hydrogen-bond donors (Lipinski definition) is 2. The first-order valence-corrected chi connectivity index (χ1v) is 7.23. The molecule has 0 atom stereocenters. The Morgan fingerprint density at radius 3 is 2.67 bits per heavy atom. The van der Waals surface area contributed by atoms with Gasteiger partial charge in [0, 0.05) is 11.6 Å². The van der Waals surface area contributed by atoms with Crippen molar-refractivity contribution in [3.63, 3.8) is 0 Å². The van der Waals surface area contributed by atoms with E-state index in [2.05, 4.69) is 15.8 Å². The Labute approximate surface area is 123 Å². The Morgan fingerprint density at radius 2 is 2.10 bits per heavy atom. The quantitative estimate of drug-likeness (QED) is 0.825. The molecule has 0 aliphatic heterocycles. The van der Waals surface area contributed by atoms with Gasteiger partial charge in [0.15, 0.2) is 0 Å². The Hall–Kier alpha value is -2.30. The number of anilines is 2. The maximum Gasteiger partial charge on any atom is 0.211 e. The number of benzene rings is 1. The molecule has 0 spiro atoms. The molecule has 2 aromatic rings. The highest BCUT2D eigenvalue weighted by Gasteiger charge is 2.19. The van der Waals surface area contributed by atoms with Crippen molar-refractivity contribution >= 4 is 17.8 Å². The Balaban J connectivity index is 1.96. The van der Waals surface area contributed by atoms with E-state index in [0.29, 0.717) is 12.5 Å². The number of amides is 1. The van der Waals surface area contributed by atoms with Crippen molar-refractivity contribution in [2.75, 3.05) is 10.6 Å². The summed E-state index contributed by atoms with van der Waals surface area (Å²) in [6.07, 6.45) is 4.35. The minimum atomic E-state index is 0.516. The van der Waals surface area contributed by atoms with E-state index >= 15 is 0 Å². The van der Waals surface area contributed by atoms with Crippen molar-refractivity contribution in [3.05, 3.63) is 29.7 Å². The summed E-state index contributed by atoms with van der Waals surface area (Å²) in [5, 5.41) is 10.2. The lowest BCUT2D eigenvalue weighted by molar-refractivity contribution is -0.105. The molecule has 0 saturated heterocycles. The summed E-state index contributed by atoms with van der Waals surface area (Å²) in [6.45, 7) is 3.81. The Morgan fingerprint density at radius 1 is 1.29 bits per heavy atom. The molecule has 110 valence electrons. The highest BCUT2D eigenvalue weighted by atomic mass is 16.5. The number of carbonyl (C=O) groups excluding carboxylic acids is 1. The summed E-state index contributed by atoms with van der Waals surface area (Å²) in [7, 11) is 0. The van der Waals surface area contributed by atoms with Gasteiger partial charge in [-0.15, -0.1) is 0 Å². The number of rotatable bonds is 5. The maximum absolute atomic E-state index is 10.9. The van der Waals surface area contributed by atoms with Crippen LogP contribution in [0, 0.1) is 13.8 Å². The fraction of sp³-hybridized carbons (Fsp3) is 0.375. The average molecular weight is 285 g/mol. The molecule has 21 heavy (non-hydrogen) atoms. The topological polar surface area (TPSA) is 67.2 Å². The van der Waals surface area contributed by atoms with Crippen molar-refractivity contribution in [3.8, 4) is 11.1 Å². The average Bonchev–Trinajstić information content (AvgIpc) is 2.75. The lowest BCUT2D eigenvalue weighted by Crippen LogP contribution is -2.27. The van der Waals surface area contributed by atoms with E-state index in [-0.39, 0.29) is 0 Å². The van der Waals surface area contributed by atoms with Crippen molar-refractivity contribution in [2.24, 2.45) is 0 Å². The van der Waals surface area contributed by atoms with Crippen molar-refractivity contribution in [2.45, 2.75) is 39.2 Å². The number of aryl methyl sites for hydroxylation is 2. The molecule has 2 N–H and O–H groups in total. The molecular formula is C16H19N3O2. The van der Waals surface area contributed by atoms with Gasteiger partial charge in [-0.2, -0.15) is 0 Å². The molecule has 1 aromatic carbocycles. The van der Waals surface area contributed by atoms with Gasteiger partial charge in [-0.05, 0) is 50.8 Å². The predicted octanol–water partition coefficient (Wildman–Crippen LogP) is 3.49. The van der Waals surface area contributed by atoms with Crippen LogP contribution in [0.4, 0.5) is 11.4 Å². The van der Waals surface area contributed by atoms with E-state index in [1.807, 2.05) is 32.0 Å². The summed E-state index contributed by atoms with van der Waals surface area (Å²) in [4.78, 5) is 10.9. The lowest BCUT2D eigenvalue weighted by Gasteiger charge is -2.28. The zero-order valence-electron chi connectivity index (χ0n) is 12.3. The van der Waals surface area contributed by atoms with Gasteiger partial charge in [-0.25, -0.2) is 0 Å². The standard InChI is InChI=1S/C16H19N3O2/c1-10-16(11(2)21-19-10)12-6-7-14(15(8-12)17-9-20)18-13-4-3-5-13/h6-9,13,18H,3-5H2,1-2H3,(H,17,20). The van der Waals surface area contributed by atoms with Gasteiger partial charge in [-0.3, -0.25) is 4.79 Å².